The molecule has 1 aromatic carbocycles. The first-order chi connectivity index (χ1) is 7.50. The Morgan fingerprint density at radius 2 is 2.00 bits per heavy atom. The molecule has 84 valence electrons. The summed E-state index contributed by atoms with van der Waals surface area (Å²) in [6.45, 7) is 3.50. The van der Waals surface area contributed by atoms with E-state index in [1.165, 1.54) is 10.7 Å². The molecule has 0 unspecified atom stereocenters. The molecule has 0 radical (unpaired) electrons. The van der Waals surface area contributed by atoms with Crippen molar-refractivity contribution in [3.05, 3.63) is 45.6 Å². The van der Waals surface area contributed by atoms with Crippen LogP contribution in [0.4, 0.5) is 4.39 Å². The lowest BCUT2D eigenvalue weighted by molar-refractivity contribution is 0.619. The van der Waals surface area contributed by atoms with Crippen LogP contribution in [-0.2, 0) is 7.05 Å². The number of nitrogens with one attached hydrogen (secondary N) is 1. The van der Waals surface area contributed by atoms with Gasteiger partial charge in [-0.3, -0.25) is 14.6 Å². The molecular formula is C12H13FN2O. The van der Waals surface area contributed by atoms with Crippen LogP contribution < -0.4 is 5.56 Å². The molecule has 0 spiro atoms. The third kappa shape index (κ3) is 1.56. The SMILES string of the molecule is Cc1ccc(-c2c(C)[nH]n(C)c2=O)cc1F. The Kier molecular flexibility index (Phi) is 2.42. The fraction of sp³-hybridized carbons (Fsp3) is 0.250. The molecule has 16 heavy (non-hydrogen) atoms. The fourth-order valence-electron chi connectivity index (χ4n) is 1.77. The van der Waals surface area contributed by atoms with Gasteiger partial charge in [0.25, 0.3) is 5.56 Å². The Bertz CT molecular complexity index is 596. The second kappa shape index (κ2) is 3.63. The van der Waals surface area contributed by atoms with Crippen LogP contribution >= 0.6 is 0 Å². The van der Waals surface area contributed by atoms with Gasteiger partial charge in [-0.15, -0.1) is 0 Å². The van der Waals surface area contributed by atoms with Crippen molar-refractivity contribution < 1.29 is 4.39 Å². The second-order valence-corrected chi connectivity index (χ2v) is 3.94. The summed E-state index contributed by atoms with van der Waals surface area (Å²) in [7, 11) is 1.64. The number of aromatic nitrogens is 2. The maximum atomic E-state index is 13.4. The van der Waals surface area contributed by atoms with E-state index in [0.717, 1.165) is 5.69 Å². The number of hydrogen-bond donors (Lipinski definition) is 1. The summed E-state index contributed by atoms with van der Waals surface area (Å²) in [4.78, 5) is 11.8. The minimum atomic E-state index is -0.292. The van der Waals surface area contributed by atoms with E-state index < -0.39 is 0 Å². The number of rotatable bonds is 1. The summed E-state index contributed by atoms with van der Waals surface area (Å²) < 4.78 is 14.8. The van der Waals surface area contributed by atoms with Crippen molar-refractivity contribution in [2.75, 3.05) is 0 Å². The molecule has 0 bridgehead atoms. The monoisotopic (exact) mass is 220 g/mol. The maximum absolute atomic E-state index is 13.4. The third-order valence-electron chi connectivity index (χ3n) is 2.69. The zero-order chi connectivity index (χ0) is 11.9. The molecule has 4 heteroatoms. The van der Waals surface area contributed by atoms with Crippen LogP contribution in [0.2, 0.25) is 0 Å². The molecular weight excluding hydrogens is 207 g/mol. The Morgan fingerprint density at radius 3 is 2.50 bits per heavy atom. The van der Waals surface area contributed by atoms with Gasteiger partial charge in [0, 0.05) is 12.7 Å². The van der Waals surface area contributed by atoms with Crippen molar-refractivity contribution in [1.29, 1.82) is 0 Å². The topological polar surface area (TPSA) is 37.8 Å². The minimum absolute atomic E-state index is 0.138. The number of halogens is 1. The molecule has 2 aromatic rings. The highest BCUT2D eigenvalue weighted by atomic mass is 19.1. The van der Waals surface area contributed by atoms with Gasteiger partial charge < -0.3 is 0 Å². The molecule has 1 heterocycles. The van der Waals surface area contributed by atoms with Gasteiger partial charge in [0.2, 0.25) is 0 Å². The number of benzene rings is 1. The Labute approximate surface area is 92.5 Å². The molecule has 0 saturated carbocycles. The third-order valence-corrected chi connectivity index (χ3v) is 2.69. The first kappa shape index (κ1) is 10.7. The number of H-pyrrole nitrogens is 1. The number of aryl methyl sites for hydroxylation is 3. The van der Waals surface area contributed by atoms with Crippen molar-refractivity contribution in [2.45, 2.75) is 13.8 Å². The zero-order valence-electron chi connectivity index (χ0n) is 9.47. The summed E-state index contributed by atoms with van der Waals surface area (Å²) in [5, 5.41) is 2.89. The largest absolute Gasteiger partial charge is 0.300 e. The standard InChI is InChI=1S/C12H13FN2O/c1-7-4-5-9(6-10(7)13)11-8(2)14-15(3)12(11)16/h4-6,14H,1-3H3. The van der Waals surface area contributed by atoms with E-state index in [1.807, 2.05) is 0 Å². The molecule has 0 aliphatic rings. The Hall–Kier alpha value is -1.84. The second-order valence-electron chi connectivity index (χ2n) is 3.94. The smallest absolute Gasteiger partial charge is 0.274 e. The summed E-state index contributed by atoms with van der Waals surface area (Å²) in [6.07, 6.45) is 0. The van der Waals surface area contributed by atoms with Gasteiger partial charge in [-0.25, -0.2) is 4.39 Å². The average Bonchev–Trinajstić information content (AvgIpc) is 2.47. The predicted molar refractivity (Wildman–Crippen MR) is 60.9 cm³/mol. The molecule has 0 aliphatic heterocycles. The van der Waals surface area contributed by atoms with E-state index in [-0.39, 0.29) is 11.4 Å². The number of aromatic amines is 1. The van der Waals surface area contributed by atoms with E-state index in [1.54, 1.807) is 33.0 Å². The van der Waals surface area contributed by atoms with Crippen molar-refractivity contribution in [3.8, 4) is 11.1 Å². The Morgan fingerprint density at radius 1 is 1.31 bits per heavy atom. The highest BCUT2D eigenvalue weighted by Crippen LogP contribution is 2.20. The van der Waals surface area contributed by atoms with Crippen LogP contribution in [0.3, 0.4) is 0 Å². The van der Waals surface area contributed by atoms with Crippen molar-refractivity contribution in [3.63, 3.8) is 0 Å². The van der Waals surface area contributed by atoms with Crippen LogP contribution in [0.5, 0.6) is 0 Å². The van der Waals surface area contributed by atoms with Crippen LogP contribution in [-0.4, -0.2) is 9.78 Å². The van der Waals surface area contributed by atoms with Crippen LogP contribution in [0.1, 0.15) is 11.3 Å². The van der Waals surface area contributed by atoms with Gasteiger partial charge in [0.1, 0.15) is 5.82 Å². The van der Waals surface area contributed by atoms with Gasteiger partial charge in [-0.1, -0.05) is 12.1 Å². The fourth-order valence-corrected chi connectivity index (χ4v) is 1.77. The molecule has 1 N–H and O–H groups in total. The predicted octanol–water partition coefficient (Wildman–Crippen LogP) is 2.14. The highest BCUT2D eigenvalue weighted by molar-refractivity contribution is 5.65. The lowest BCUT2D eigenvalue weighted by Crippen LogP contribution is -2.13. The van der Waals surface area contributed by atoms with Gasteiger partial charge in [0.15, 0.2) is 0 Å². The maximum Gasteiger partial charge on any atom is 0.274 e. The summed E-state index contributed by atoms with van der Waals surface area (Å²) in [5.41, 5.74) is 2.33. The molecule has 1 aromatic heterocycles. The first-order valence-corrected chi connectivity index (χ1v) is 5.03. The van der Waals surface area contributed by atoms with E-state index in [9.17, 15) is 9.18 Å². The summed E-state index contributed by atoms with van der Waals surface area (Å²) in [5.74, 6) is -0.292. The molecule has 0 atom stereocenters. The van der Waals surface area contributed by atoms with Crippen molar-refractivity contribution in [1.82, 2.24) is 9.78 Å². The zero-order valence-corrected chi connectivity index (χ0v) is 9.47. The molecule has 2 rings (SSSR count). The number of hydrogen-bond acceptors (Lipinski definition) is 1. The van der Waals surface area contributed by atoms with E-state index in [4.69, 9.17) is 0 Å². The normalized spacial score (nSPS) is 10.8. The van der Waals surface area contributed by atoms with Gasteiger partial charge in [-0.2, -0.15) is 0 Å². The van der Waals surface area contributed by atoms with E-state index >= 15 is 0 Å². The first-order valence-electron chi connectivity index (χ1n) is 5.03. The summed E-state index contributed by atoms with van der Waals surface area (Å²) in [6, 6.07) is 4.83. The van der Waals surface area contributed by atoms with Gasteiger partial charge >= 0.3 is 0 Å². The quantitative estimate of drug-likeness (QED) is 0.785. The van der Waals surface area contributed by atoms with E-state index in [2.05, 4.69) is 5.10 Å². The molecule has 0 amide bonds. The van der Waals surface area contributed by atoms with Crippen molar-refractivity contribution in [2.24, 2.45) is 7.05 Å². The van der Waals surface area contributed by atoms with Gasteiger partial charge in [-0.05, 0) is 31.0 Å². The molecule has 3 nitrogen and oxygen atoms in total. The Balaban J connectivity index is 2.68. The summed E-state index contributed by atoms with van der Waals surface area (Å²) >= 11 is 0. The van der Waals surface area contributed by atoms with Crippen LogP contribution in [0.15, 0.2) is 23.0 Å². The van der Waals surface area contributed by atoms with E-state index in [0.29, 0.717) is 16.7 Å². The molecule has 0 saturated heterocycles. The molecule has 0 fully saturated rings. The highest BCUT2D eigenvalue weighted by Gasteiger charge is 2.12. The van der Waals surface area contributed by atoms with Crippen LogP contribution in [0, 0.1) is 19.7 Å². The number of nitrogens with zero attached hydrogens (tertiary/aromatic N) is 1. The van der Waals surface area contributed by atoms with Crippen LogP contribution in [0.25, 0.3) is 11.1 Å². The molecule has 0 aliphatic carbocycles. The van der Waals surface area contributed by atoms with Gasteiger partial charge in [0.05, 0.1) is 5.56 Å². The minimum Gasteiger partial charge on any atom is -0.300 e. The lowest BCUT2D eigenvalue weighted by atomic mass is 10.0. The van der Waals surface area contributed by atoms with Crippen molar-refractivity contribution >= 4 is 0 Å². The lowest BCUT2D eigenvalue weighted by Gasteiger charge is -2.00. The average molecular weight is 220 g/mol.